The van der Waals surface area contributed by atoms with Gasteiger partial charge in [-0.05, 0) is 48.0 Å². The van der Waals surface area contributed by atoms with Gasteiger partial charge >= 0.3 is 0 Å². The van der Waals surface area contributed by atoms with Crippen molar-refractivity contribution in [2.24, 2.45) is 0 Å². The van der Waals surface area contributed by atoms with E-state index in [1.807, 2.05) is 30.3 Å². The second kappa shape index (κ2) is 6.28. The quantitative estimate of drug-likeness (QED) is 0.692. The summed E-state index contributed by atoms with van der Waals surface area (Å²) in [4.78, 5) is 14.1. The molecule has 1 heterocycles. The number of ketones is 1. The van der Waals surface area contributed by atoms with Crippen LogP contribution in [0.15, 0.2) is 77.7 Å². The molecule has 1 atom stereocenters. The SMILES string of the molecule is O=C(C1=C(c2ccccc2)S(=O)c2cc(O)ccc21)c1ccc(O)cc1. The van der Waals surface area contributed by atoms with Crippen LogP contribution in [0.1, 0.15) is 21.5 Å². The van der Waals surface area contributed by atoms with Crippen molar-refractivity contribution < 1.29 is 19.2 Å². The fourth-order valence-electron chi connectivity index (χ4n) is 3.02. The molecule has 0 fully saturated rings. The molecular weight excluding hydrogens is 348 g/mol. The molecule has 3 aromatic carbocycles. The molecule has 26 heavy (non-hydrogen) atoms. The zero-order valence-corrected chi connectivity index (χ0v) is 14.4. The average molecular weight is 362 g/mol. The summed E-state index contributed by atoms with van der Waals surface area (Å²) in [6.07, 6.45) is 0. The molecule has 0 amide bonds. The molecule has 5 heteroatoms. The first-order chi connectivity index (χ1) is 12.6. The van der Waals surface area contributed by atoms with E-state index >= 15 is 0 Å². The molecule has 4 nitrogen and oxygen atoms in total. The van der Waals surface area contributed by atoms with Crippen molar-refractivity contribution in [2.45, 2.75) is 4.90 Å². The number of allylic oxidation sites excluding steroid dienone is 1. The van der Waals surface area contributed by atoms with E-state index < -0.39 is 10.8 Å². The van der Waals surface area contributed by atoms with Gasteiger partial charge in [0.1, 0.15) is 11.5 Å². The molecule has 128 valence electrons. The van der Waals surface area contributed by atoms with Gasteiger partial charge in [-0.25, -0.2) is 4.21 Å². The third-order valence-corrected chi connectivity index (χ3v) is 5.79. The largest absolute Gasteiger partial charge is 0.508 e. The lowest BCUT2D eigenvalue weighted by Gasteiger charge is -2.07. The predicted octanol–water partition coefficient (Wildman–Crippen LogP) is 3.97. The number of carbonyl (C=O) groups excluding carboxylic acids is 1. The number of rotatable bonds is 3. The number of hydrogen-bond acceptors (Lipinski definition) is 4. The van der Waals surface area contributed by atoms with Crippen molar-refractivity contribution in [3.05, 3.63) is 89.5 Å². The second-order valence-electron chi connectivity index (χ2n) is 5.90. The number of phenols is 2. The topological polar surface area (TPSA) is 74.6 Å². The number of carbonyl (C=O) groups is 1. The lowest BCUT2D eigenvalue weighted by atomic mass is 9.94. The van der Waals surface area contributed by atoms with Gasteiger partial charge in [-0.1, -0.05) is 30.3 Å². The van der Waals surface area contributed by atoms with Crippen LogP contribution in [0, 0.1) is 0 Å². The molecule has 0 saturated heterocycles. The summed E-state index contributed by atoms with van der Waals surface area (Å²) in [6, 6.07) is 19.6. The Morgan fingerprint density at radius 3 is 2.15 bits per heavy atom. The zero-order chi connectivity index (χ0) is 18.3. The number of aromatic hydroxyl groups is 2. The van der Waals surface area contributed by atoms with Gasteiger partial charge in [-0.3, -0.25) is 4.79 Å². The highest BCUT2D eigenvalue weighted by molar-refractivity contribution is 7.95. The van der Waals surface area contributed by atoms with E-state index in [-0.39, 0.29) is 17.3 Å². The summed E-state index contributed by atoms with van der Waals surface area (Å²) >= 11 is 0. The number of Topliss-reactive ketones (excluding diaryl/α,β-unsaturated/α-hetero) is 1. The number of hydrogen-bond donors (Lipinski definition) is 2. The lowest BCUT2D eigenvalue weighted by Crippen LogP contribution is -2.03. The molecule has 0 bridgehead atoms. The molecule has 1 aliphatic rings. The minimum atomic E-state index is -1.58. The number of benzene rings is 3. The maximum atomic E-state index is 13.2. The van der Waals surface area contributed by atoms with Gasteiger partial charge in [0.25, 0.3) is 0 Å². The van der Waals surface area contributed by atoms with E-state index in [1.165, 1.54) is 36.4 Å². The van der Waals surface area contributed by atoms with Gasteiger partial charge in [0.2, 0.25) is 0 Å². The maximum absolute atomic E-state index is 13.2. The molecule has 0 saturated carbocycles. The summed E-state index contributed by atoms with van der Waals surface area (Å²) < 4.78 is 13.1. The molecule has 0 aromatic heterocycles. The van der Waals surface area contributed by atoms with Crippen LogP contribution in [-0.2, 0) is 10.8 Å². The predicted molar refractivity (Wildman–Crippen MR) is 100 cm³/mol. The van der Waals surface area contributed by atoms with Crippen molar-refractivity contribution in [1.29, 1.82) is 0 Å². The molecule has 0 spiro atoms. The van der Waals surface area contributed by atoms with Crippen LogP contribution in [-0.4, -0.2) is 20.2 Å². The average Bonchev–Trinajstić information content (AvgIpc) is 2.94. The zero-order valence-electron chi connectivity index (χ0n) is 13.5. The van der Waals surface area contributed by atoms with Crippen LogP contribution < -0.4 is 0 Å². The van der Waals surface area contributed by atoms with E-state index in [2.05, 4.69) is 0 Å². The highest BCUT2D eigenvalue weighted by Crippen LogP contribution is 2.44. The van der Waals surface area contributed by atoms with Gasteiger partial charge in [0, 0.05) is 16.7 Å². The molecule has 0 radical (unpaired) electrons. The Labute approximate surface area is 152 Å². The Morgan fingerprint density at radius 2 is 1.46 bits per heavy atom. The van der Waals surface area contributed by atoms with Crippen LogP contribution in [0.3, 0.4) is 0 Å². The van der Waals surface area contributed by atoms with Crippen molar-refractivity contribution in [1.82, 2.24) is 0 Å². The van der Waals surface area contributed by atoms with Gasteiger partial charge in [0.05, 0.1) is 20.6 Å². The highest BCUT2D eigenvalue weighted by Gasteiger charge is 2.34. The molecule has 1 aliphatic heterocycles. The van der Waals surface area contributed by atoms with Crippen molar-refractivity contribution in [3.8, 4) is 11.5 Å². The molecule has 1 unspecified atom stereocenters. The monoisotopic (exact) mass is 362 g/mol. The van der Waals surface area contributed by atoms with Crippen LogP contribution in [0.4, 0.5) is 0 Å². The van der Waals surface area contributed by atoms with Gasteiger partial charge in [0.15, 0.2) is 5.78 Å². The van der Waals surface area contributed by atoms with Crippen LogP contribution >= 0.6 is 0 Å². The van der Waals surface area contributed by atoms with E-state index in [0.717, 1.165) is 0 Å². The maximum Gasteiger partial charge on any atom is 0.194 e. The molecule has 0 aliphatic carbocycles. The van der Waals surface area contributed by atoms with E-state index in [4.69, 9.17) is 0 Å². The van der Waals surface area contributed by atoms with Gasteiger partial charge < -0.3 is 10.2 Å². The Morgan fingerprint density at radius 1 is 0.808 bits per heavy atom. The third kappa shape index (κ3) is 2.62. The summed E-state index contributed by atoms with van der Waals surface area (Å²) in [5.41, 5.74) is 2.00. The summed E-state index contributed by atoms with van der Waals surface area (Å²) in [5, 5.41) is 19.2. The van der Waals surface area contributed by atoms with Crippen LogP contribution in [0.25, 0.3) is 10.5 Å². The fraction of sp³-hybridized carbons (Fsp3) is 0. The molecule has 2 N–H and O–H groups in total. The fourth-order valence-corrected chi connectivity index (χ4v) is 4.58. The van der Waals surface area contributed by atoms with E-state index in [1.54, 1.807) is 6.07 Å². The van der Waals surface area contributed by atoms with Crippen molar-refractivity contribution in [2.75, 3.05) is 0 Å². The Hall–Kier alpha value is -3.18. The molecule has 4 rings (SSSR count). The second-order valence-corrected chi connectivity index (χ2v) is 7.28. The van der Waals surface area contributed by atoms with Crippen LogP contribution in [0.5, 0.6) is 11.5 Å². The summed E-state index contributed by atoms with van der Waals surface area (Å²) in [6.45, 7) is 0. The number of phenolic OH excluding ortho intramolecular Hbond substituents is 2. The molecular formula is C21H14O4S. The standard InChI is InChI=1S/C21H14O4S/c22-15-8-6-13(7-9-15)20(24)19-17-11-10-16(23)12-18(17)26(25)21(19)14-4-2-1-3-5-14/h1-12,22-23H. The Kier molecular flexibility index (Phi) is 3.93. The lowest BCUT2D eigenvalue weighted by molar-refractivity contribution is 0.105. The Balaban J connectivity index is 1.96. The van der Waals surface area contributed by atoms with Gasteiger partial charge in [-0.15, -0.1) is 0 Å². The highest BCUT2D eigenvalue weighted by atomic mass is 32.2. The minimum absolute atomic E-state index is 0.00263. The van der Waals surface area contributed by atoms with E-state index in [9.17, 15) is 19.2 Å². The van der Waals surface area contributed by atoms with Crippen molar-refractivity contribution >= 4 is 27.1 Å². The first-order valence-electron chi connectivity index (χ1n) is 7.95. The van der Waals surface area contributed by atoms with Gasteiger partial charge in [-0.2, -0.15) is 0 Å². The van der Waals surface area contributed by atoms with Crippen molar-refractivity contribution in [3.63, 3.8) is 0 Å². The first kappa shape index (κ1) is 16.3. The summed E-state index contributed by atoms with van der Waals surface area (Å²) in [5.74, 6) is -0.205. The smallest absolute Gasteiger partial charge is 0.194 e. The normalized spacial score (nSPS) is 15.8. The summed E-state index contributed by atoms with van der Waals surface area (Å²) in [7, 11) is -1.58. The van der Waals surface area contributed by atoms with E-state index in [0.29, 0.717) is 32.1 Å². The van der Waals surface area contributed by atoms with Crippen LogP contribution in [0.2, 0.25) is 0 Å². The Bertz CT molecular complexity index is 1070. The number of fused-ring (bicyclic) bond motifs is 1. The minimum Gasteiger partial charge on any atom is -0.508 e. The third-order valence-electron chi connectivity index (χ3n) is 4.24. The first-order valence-corrected chi connectivity index (χ1v) is 9.10. The molecule has 3 aromatic rings.